The molecule has 1 saturated carbocycles. The molecule has 0 bridgehead atoms. The lowest BCUT2D eigenvalue weighted by Crippen LogP contribution is -2.42. The van der Waals surface area contributed by atoms with Gasteiger partial charge in [-0.05, 0) is 36.6 Å². The lowest BCUT2D eigenvalue weighted by Gasteiger charge is -2.30. The van der Waals surface area contributed by atoms with Gasteiger partial charge in [0.25, 0.3) is 0 Å². The molecule has 1 aliphatic carbocycles. The van der Waals surface area contributed by atoms with Crippen molar-refractivity contribution in [3.05, 3.63) is 41.5 Å². The van der Waals surface area contributed by atoms with Crippen LogP contribution in [0, 0.1) is 17.2 Å². The molecule has 1 aromatic carbocycles. The Hall–Kier alpha value is -2.12. The van der Waals surface area contributed by atoms with Crippen molar-refractivity contribution in [1.82, 2.24) is 5.32 Å². The zero-order chi connectivity index (χ0) is 15.1. The first kappa shape index (κ1) is 15.3. The molecule has 0 spiro atoms. The largest absolute Gasteiger partial charge is 0.396 e. The maximum absolute atomic E-state index is 11.9. The molecule has 0 heterocycles. The number of aliphatic hydroxyl groups is 1. The van der Waals surface area contributed by atoms with Crippen molar-refractivity contribution in [3.63, 3.8) is 0 Å². The van der Waals surface area contributed by atoms with Crippen LogP contribution >= 0.6 is 0 Å². The van der Waals surface area contributed by atoms with Gasteiger partial charge in [-0.15, -0.1) is 0 Å². The molecule has 110 valence electrons. The molecule has 4 nitrogen and oxygen atoms in total. The quantitative estimate of drug-likeness (QED) is 0.833. The van der Waals surface area contributed by atoms with E-state index in [9.17, 15) is 9.90 Å². The summed E-state index contributed by atoms with van der Waals surface area (Å²) in [4.78, 5) is 11.9. The minimum Gasteiger partial charge on any atom is -0.396 e. The number of amides is 1. The molecule has 21 heavy (non-hydrogen) atoms. The fourth-order valence-electron chi connectivity index (χ4n) is 2.69. The summed E-state index contributed by atoms with van der Waals surface area (Å²) in [7, 11) is 0. The predicted molar refractivity (Wildman–Crippen MR) is 81.2 cm³/mol. The number of nitrogens with one attached hydrogen (secondary N) is 1. The van der Waals surface area contributed by atoms with E-state index < -0.39 is 0 Å². The first-order chi connectivity index (χ1) is 10.2. The average Bonchev–Trinajstić information content (AvgIpc) is 2.54. The molecule has 1 aromatic rings. The summed E-state index contributed by atoms with van der Waals surface area (Å²) in [5.74, 6) is 0.0377. The van der Waals surface area contributed by atoms with Gasteiger partial charge in [-0.1, -0.05) is 25.0 Å². The number of rotatable bonds is 4. The summed E-state index contributed by atoms with van der Waals surface area (Å²) in [6.07, 6.45) is 7.36. The molecule has 2 unspecified atom stereocenters. The lowest BCUT2D eigenvalue weighted by molar-refractivity contribution is -0.117. The third kappa shape index (κ3) is 4.44. The highest BCUT2D eigenvalue weighted by Gasteiger charge is 2.25. The van der Waals surface area contributed by atoms with Crippen molar-refractivity contribution in [2.75, 3.05) is 6.61 Å². The first-order valence-corrected chi connectivity index (χ1v) is 7.32. The SMILES string of the molecule is N#Cc1ccc(/C=C/C(=O)NC2CCCCC2CO)cc1. The summed E-state index contributed by atoms with van der Waals surface area (Å²) in [5.41, 5.74) is 1.48. The third-order valence-corrected chi connectivity index (χ3v) is 3.94. The maximum Gasteiger partial charge on any atom is 0.244 e. The first-order valence-electron chi connectivity index (χ1n) is 7.32. The molecule has 0 aliphatic heterocycles. The normalized spacial score (nSPS) is 21.9. The van der Waals surface area contributed by atoms with Crippen LogP contribution < -0.4 is 5.32 Å². The van der Waals surface area contributed by atoms with E-state index >= 15 is 0 Å². The number of aliphatic hydroxyl groups excluding tert-OH is 1. The molecule has 0 saturated heterocycles. The van der Waals surface area contributed by atoms with Crippen molar-refractivity contribution in [3.8, 4) is 6.07 Å². The molecule has 2 rings (SSSR count). The van der Waals surface area contributed by atoms with E-state index in [1.54, 1.807) is 30.3 Å². The fourth-order valence-corrected chi connectivity index (χ4v) is 2.69. The van der Waals surface area contributed by atoms with Gasteiger partial charge in [0.1, 0.15) is 0 Å². The molecule has 2 atom stereocenters. The fraction of sp³-hybridized carbons (Fsp3) is 0.412. The Kier molecular flexibility index (Phi) is 5.53. The molecule has 1 aliphatic rings. The maximum atomic E-state index is 11.9. The smallest absolute Gasteiger partial charge is 0.244 e. The summed E-state index contributed by atoms with van der Waals surface area (Å²) >= 11 is 0. The lowest BCUT2D eigenvalue weighted by atomic mass is 9.85. The van der Waals surface area contributed by atoms with Crippen molar-refractivity contribution in [2.45, 2.75) is 31.7 Å². The van der Waals surface area contributed by atoms with Crippen LogP contribution in [0.4, 0.5) is 0 Å². The zero-order valence-electron chi connectivity index (χ0n) is 12.0. The van der Waals surface area contributed by atoms with Gasteiger partial charge in [0, 0.05) is 24.6 Å². The van der Waals surface area contributed by atoms with Gasteiger partial charge in [-0.3, -0.25) is 4.79 Å². The molecule has 4 heteroatoms. The second-order valence-corrected chi connectivity index (χ2v) is 5.41. The molecule has 1 amide bonds. The number of nitriles is 1. The summed E-state index contributed by atoms with van der Waals surface area (Å²) in [6.45, 7) is 0.129. The van der Waals surface area contributed by atoms with Crippen molar-refractivity contribution in [2.24, 2.45) is 5.92 Å². The highest BCUT2D eigenvalue weighted by atomic mass is 16.3. The van der Waals surface area contributed by atoms with Crippen molar-refractivity contribution < 1.29 is 9.90 Å². The number of hydrogen-bond donors (Lipinski definition) is 2. The van der Waals surface area contributed by atoms with Gasteiger partial charge in [-0.2, -0.15) is 5.26 Å². The Labute approximate surface area is 125 Å². The third-order valence-electron chi connectivity index (χ3n) is 3.94. The van der Waals surface area contributed by atoms with Gasteiger partial charge in [-0.25, -0.2) is 0 Å². The monoisotopic (exact) mass is 284 g/mol. The van der Waals surface area contributed by atoms with Gasteiger partial charge in [0.15, 0.2) is 0 Å². The van der Waals surface area contributed by atoms with Crippen LogP contribution in [-0.4, -0.2) is 23.7 Å². The van der Waals surface area contributed by atoms with Crippen LogP contribution in [0.2, 0.25) is 0 Å². The topological polar surface area (TPSA) is 73.1 Å². The highest BCUT2D eigenvalue weighted by molar-refractivity contribution is 5.91. The second kappa shape index (κ2) is 7.61. The van der Waals surface area contributed by atoms with Crippen LogP contribution in [0.5, 0.6) is 0 Å². The Morgan fingerprint density at radius 3 is 2.71 bits per heavy atom. The van der Waals surface area contributed by atoms with E-state index in [4.69, 9.17) is 5.26 Å². The van der Waals surface area contributed by atoms with Crippen molar-refractivity contribution >= 4 is 12.0 Å². The Morgan fingerprint density at radius 1 is 1.33 bits per heavy atom. The standard InChI is InChI=1S/C17H20N2O2/c18-11-14-7-5-13(6-8-14)9-10-17(21)19-16-4-2-1-3-15(16)12-20/h5-10,15-16,20H,1-4,12H2,(H,19,21)/b10-9+. The summed E-state index contributed by atoms with van der Waals surface area (Å²) in [6, 6.07) is 9.18. The number of carbonyl (C=O) groups excluding carboxylic acids is 1. The summed E-state index contributed by atoms with van der Waals surface area (Å²) in [5, 5.41) is 21.0. The van der Waals surface area contributed by atoms with E-state index in [1.165, 1.54) is 6.08 Å². The van der Waals surface area contributed by atoms with Gasteiger partial charge < -0.3 is 10.4 Å². The Balaban J connectivity index is 1.91. The molecule has 0 aromatic heterocycles. The van der Waals surface area contributed by atoms with E-state index in [2.05, 4.69) is 11.4 Å². The van der Waals surface area contributed by atoms with E-state index in [0.717, 1.165) is 31.2 Å². The minimum absolute atomic E-state index is 0.0712. The molecule has 2 N–H and O–H groups in total. The second-order valence-electron chi connectivity index (χ2n) is 5.41. The van der Waals surface area contributed by atoms with E-state index in [1.807, 2.05) is 0 Å². The number of nitrogens with zero attached hydrogens (tertiary/aromatic N) is 1. The van der Waals surface area contributed by atoms with Gasteiger partial charge >= 0.3 is 0 Å². The minimum atomic E-state index is -0.135. The highest BCUT2D eigenvalue weighted by Crippen LogP contribution is 2.23. The number of benzene rings is 1. The molecular weight excluding hydrogens is 264 g/mol. The molecule has 1 fully saturated rings. The summed E-state index contributed by atoms with van der Waals surface area (Å²) < 4.78 is 0. The van der Waals surface area contributed by atoms with Gasteiger partial charge in [0.2, 0.25) is 5.91 Å². The Morgan fingerprint density at radius 2 is 2.05 bits per heavy atom. The molecule has 0 radical (unpaired) electrons. The van der Waals surface area contributed by atoms with Gasteiger partial charge in [0.05, 0.1) is 11.6 Å². The molecular formula is C17H20N2O2. The zero-order valence-corrected chi connectivity index (χ0v) is 12.0. The van der Waals surface area contributed by atoms with Crippen LogP contribution in [0.15, 0.2) is 30.3 Å². The van der Waals surface area contributed by atoms with Crippen LogP contribution in [0.3, 0.4) is 0 Å². The van der Waals surface area contributed by atoms with Crippen molar-refractivity contribution in [1.29, 1.82) is 5.26 Å². The Bertz CT molecular complexity index is 543. The predicted octanol–water partition coefficient (Wildman–Crippen LogP) is 2.24. The average molecular weight is 284 g/mol. The van der Waals surface area contributed by atoms with E-state index in [0.29, 0.717) is 5.56 Å². The number of hydrogen-bond acceptors (Lipinski definition) is 3. The van der Waals surface area contributed by atoms with Crippen LogP contribution in [0.25, 0.3) is 6.08 Å². The van der Waals surface area contributed by atoms with Crippen LogP contribution in [-0.2, 0) is 4.79 Å². The van der Waals surface area contributed by atoms with Crippen LogP contribution in [0.1, 0.15) is 36.8 Å². The number of carbonyl (C=O) groups is 1. The van der Waals surface area contributed by atoms with E-state index in [-0.39, 0.29) is 24.5 Å².